The van der Waals surface area contributed by atoms with Crippen molar-refractivity contribution in [3.8, 4) is 6.07 Å². The lowest BCUT2D eigenvalue weighted by Crippen LogP contribution is -2.36. The van der Waals surface area contributed by atoms with Crippen molar-refractivity contribution < 1.29 is 4.79 Å². The molecule has 1 rings (SSSR count). The molecule has 0 N–H and O–H groups in total. The van der Waals surface area contributed by atoms with E-state index in [1.165, 1.54) is 12.8 Å². The molecular formula is C11H18N2O. The van der Waals surface area contributed by atoms with Crippen LogP contribution in [0.5, 0.6) is 0 Å². The number of amides is 1. The van der Waals surface area contributed by atoms with Gasteiger partial charge < -0.3 is 4.90 Å². The average molecular weight is 194 g/mol. The molecule has 78 valence electrons. The fraction of sp³-hybridized carbons (Fsp3) is 0.818. The van der Waals surface area contributed by atoms with Crippen molar-refractivity contribution in [2.75, 3.05) is 13.1 Å². The Labute approximate surface area is 85.7 Å². The van der Waals surface area contributed by atoms with E-state index in [-0.39, 0.29) is 11.8 Å². The van der Waals surface area contributed by atoms with Crippen LogP contribution in [0.15, 0.2) is 0 Å². The Bertz CT molecular complexity index is 240. The first-order chi connectivity index (χ1) is 6.70. The molecule has 3 heteroatoms. The third-order valence-corrected chi connectivity index (χ3v) is 2.91. The van der Waals surface area contributed by atoms with Crippen molar-refractivity contribution in [1.29, 1.82) is 5.26 Å². The molecule has 3 nitrogen and oxygen atoms in total. The summed E-state index contributed by atoms with van der Waals surface area (Å²) in [6.45, 7) is 5.28. The molecule has 0 radical (unpaired) electrons. The van der Waals surface area contributed by atoms with Crippen molar-refractivity contribution in [1.82, 2.24) is 4.90 Å². The number of carbonyl (C=O) groups is 1. The summed E-state index contributed by atoms with van der Waals surface area (Å²) in [5.74, 6) is 0.998. The van der Waals surface area contributed by atoms with E-state index in [0.29, 0.717) is 18.9 Å². The zero-order valence-electron chi connectivity index (χ0n) is 8.99. The molecule has 1 aliphatic carbocycles. The maximum atomic E-state index is 11.9. The highest BCUT2D eigenvalue weighted by molar-refractivity contribution is 5.79. The first-order valence-electron chi connectivity index (χ1n) is 5.36. The maximum Gasteiger partial charge on any atom is 0.225 e. The van der Waals surface area contributed by atoms with Gasteiger partial charge in [0.1, 0.15) is 0 Å². The first kappa shape index (κ1) is 11.0. The smallest absolute Gasteiger partial charge is 0.225 e. The van der Waals surface area contributed by atoms with E-state index in [2.05, 4.69) is 6.07 Å². The van der Waals surface area contributed by atoms with Gasteiger partial charge in [-0.05, 0) is 25.7 Å². The predicted molar refractivity (Wildman–Crippen MR) is 54.4 cm³/mol. The molecule has 14 heavy (non-hydrogen) atoms. The van der Waals surface area contributed by atoms with E-state index in [0.717, 1.165) is 6.54 Å². The zero-order valence-corrected chi connectivity index (χ0v) is 8.99. The van der Waals surface area contributed by atoms with Gasteiger partial charge in [-0.3, -0.25) is 4.79 Å². The molecule has 1 fully saturated rings. The minimum atomic E-state index is 0.161. The number of nitriles is 1. The molecular weight excluding hydrogens is 176 g/mol. The topological polar surface area (TPSA) is 44.1 Å². The summed E-state index contributed by atoms with van der Waals surface area (Å²) >= 11 is 0. The van der Waals surface area contributed by atoms with Crippen LogP contribution in [0.1, 0.15) is 33.1 Å². The molecule has 0 aliphatic heterocycles. The molecule has 0 aromatic carbocycles. The normalized spacial score (nSPS) is 17.2. The molecule has 1 saturated carbocycles. The van der Waals surface area contributed by atoms with Gasteiger partial charge in [0.15, 0.2) is 0 Å². The van der Waals surface area contributed by atoms with Crippen LogP contribution in [0, 0.1) is 23.2 Å². The Morgan fingerprint density at radius 2 is 2.29 bits per heavy atom. The Morgan fingerprint density at radius 1 is 1.64 bits per heavy atom. The van der Waals surface area contributed by atoms with Gasteiger partial charge in [0.2, 0.25) is 5.91 Å². The van der Waals surface area contributed by atoms with E-state index in [1.54, 1.807) is 4.90 Å². The molecule has 0 heterocycles. The molecule has 0 bridgehead atoms. The third-order valence-electron chi connectivity index (χ3n) is 2.91. The monoisotopic (exact) mass is 194 g/mol. The molecule has 0 aromatic rings. The molecule has 0 aromatic heterocycles. The second-order valence-electron chi connectivity index (χ2n) is 3.95. The van der Waals surface area contributed by atoms with Crippen molar-refractivity contribution in [2.45, 2.75) is 33.1 Å². The first-order valence-corrected chi connectivity index (χ1v) is 5.36. The summed E-state index contributed by atoms with van der Waals surface area (Å²) in [6.07, 6.45) is 2.84. The van der Waals surface area contributed by atoms with Gasteiger partial charge >= 0.3 is 0 Å². The number of rotatable bonds is 5. The number of carbonyl (C=O) groups excluding carboxylic acids is 1. The van der Waals surface area contributed by atoms with Gasteiger partial charge in [-0.25, -0.2) is 0 Å². The van der Waals surface area contributed by atoms with Gasteiger partial charge in [0, 0.05) is 19.0 Å². The standard InChI is InChI=1S/C11H18N2O/c1-3-13(8-4-7-12)11(14)9(2)10-5-6-10/h9-10H,3-6,8H2,1-2H3. The fourth-order valence-corrected chi connectivity index (χ4v) is 1.69. The number of hydrogen-bond acceptors (Lipinski definition) is 2. The van der Waals surface area contributed by atoms with Gasteiger partial charge in [-0.1, -0.05) is 6.92 Å². The minimum absolute atomic E-state index is 0.161. The average Bonchev–Trinajstić information content (AvgIpc) is 3.01. The Kier molecular flexibility index (Phi) is 3.94. The summed E-state index contributed by atoms with van der Waals surface area (Å²) in [7, 11) is 0. The van der Waals surface area contributed by atoms with Crippen LogP contribution in [-0.2, 0) is 4.79 Å². The highest BCUT2D eigenvalue weighted by atomic mass is 16.2. The van der Waals surface area contributed by atoms with E-state index in [1.807, 2.05) is 13.8 Å². The van der Waals surface area contributed by atoms with Crippen molar-refractivity contribution in [3.05, 3.63) is 0 Å². The molecule has 0 spiro atoms. The molecule has 1 aliphatic rings. The summed E-state index contributed by atoms with van der Waals surface area (Å²) in [5.41, 5.74) is 0. The van der Waals surface area contributed by atoms with Crippen LogP contribution in [-0.4, -0.2) is 23.9 Å². The van der Waals surface area contributed by atoms with Crippen LogP contribution in [0.4, 0.5) is 0 Å². The van der Waals surface area contributed by atoms with Crippen LogP contribution in [0.25, 0.3) is 0 Å². The highest BCUT2D eigenvalue weighted by Gasteiger charge is 2.34. The van der Waals surface area contributed by atoms with Gasteiger partial charge in [-0.2, -0.15) is 5.26 Å². The van der Waals surface area contributed by atoms with Crippen molar-refractivity contribution in [2.24, 2.45) is 11.8 Å². The zero-order chi connectivity index (χ0) is 10.6. The Morgan fingerprint density at radius 3 is 2.71 bits per heavy atom. The van der Waals surface area contributed by atoms with Crippen molar-refractivity contribution >= 4 is 5.91 Å². The quantitative estimate of drug-likeness (QED) is 0.669. The second-order valence-corrected chi connectivity index (χ2v) is 3.95. The van der Waals surface area contributed by atoms with Crippen LogP contribution in [0.2, 0.25) is 0 Å². The molecule has 0 saturated heterocycles. The molecule has 1 atom stereocenters. The van der Waals surface area contributed by atoms with Gasteiger partial charge in [-0.15, -0.1) is 0 Å². The third kappa shape index (κ3) is 2.73. The van der Waals surface area contributed by atoms with E-state index >= 15 is 0 Å². The predicted octanol–water partition coefficient (Wildman–Crippen LogP) is 1.79. The lowest BCUT2D eigenvalue weighted by molar-refractivity contribution is -0.135. The van der Waals surface area contributed by atoms with Gasteiger partial charge in [0.05, 0.1) is 12.5 Å². The molecule has 1 unspecified atom stereocenters. The maximum absolute atomic E-state index is 11.9. The van der Waals surface area contributed by atoms with E-state index in [4.69, 9.17) is 5.26 Å². The SMILES string of the molecule is CCN(CCC#N)C(=O)C(C)C1CC1. The van der Waals surface area contributed by atoms with Gasteiger partial charge in [0.25, 0.3) is 0 Å². The minimum Gasteiger partial charge on any atom is -0.342 e. The largest absolute Gasteiger partial charge is 0.342 e. The lowest BCUT2D eigenvalue weighted by Gasteiger charge is -2.23. The fourth-order valence-electron chi connectivity index (χ4n) is 1.69. The molecule has 1 amide bonds. The Balaban J connectivity index is 2.42. The lowest BCUT2D eigenvalue weighted by atomic mass is 10.0. The highest BCUT2D eigenvalue weighted by Crippen LogP contribution is 2.37. The summed E-state index contributed by atoms with van der Waals surface area (Å²) in [4.78, 5) is 13.7. The Hall–Kier alpha value is -1.04. The van der Waals surface area contributed by atoms with E-state index in [9.17, 15) is 4.79 Å². The van der Waals surface area contributed by atoms with Crippen molar-refractivity contribution in [3.63, 3.8) is 0 Å². The summed E-state index contributed by atoms with van der Waals surface area (Å²) in [5, 5.41) is 8.46. The van der Waals surface area contributed by atoms with Crippen LogP contribution in [0.3, 0.4) is 0 Å². The summed E-state index contributed by atoms with van der Waals surface area (Å²) in [6, 6.07) is 2.08. The summed E-state index contributed by atoms with van der Waals surface area (Å²) < 4.78 is 0. The van der Waals surface area contributed by atoms with Crippen LogP contribution < -0.4 is 0 Å². The number of hydrogen-bond donors (Lipinski definition) is 0. The van der Waals surface area contributed by atoms with E-state index < -0.39 is 0 Å². The number of nitrogens with zero attached hydrogens (tertiary/aromatic N) is 2. The van der Waals surface area contributed by atoms with Crippen LogP contribution >= 0.6 is 0 Å². The second kappa shape index (κ2) is 4.99.